The van der Waals surface area contributed by atoms with Crippen molar-refractivity contribution < 1.29 is 4.42 Å². The maximum atomic E-state index is 5.37. The van der Waals surface area contributed by atoms with Gasteiger partial charge in [-0.15, -0.1) is 12.4 Å². The minimum atomic E-state index is 0. The van der Waals surface area contributed by atoms with Crippen molar-refractivity contribution in [2.24, 2.45) is 7.05 Å². The van der Waals surface area contributed by atoms with Crippen molar-refractivity contribution in [2.45, 2.75) is 32.9 Å². The quantitative estimate of drug-likeness (QED) is 0.785. The summed E-state index contributed by atoms with van der Waals surface area (Å²) in [7, 11) is 1.92. The number of aryl methyl sites for hydroxylation is 2. The SMILES string of the molecule is Cc1nn(C)c2ncc(CNC(C)Cc3ccco3)cc12.Cl. The maximum absolute atomic E-state index is 5.37. The highest BCUT2D eigenvalue weighted by Crippen LogP contribution is 2.16. The average Bonchev–Trinajstić information content (AvgIpc) is 3.06. The van der Waals surface area contributed by atoms with E-state index in [9.17, 15) is 0 Å². The Balaban J connectivity index is 0.00000176. The van der Waals surface area contributed by atoms with Gasteiger partial charge in [-0.3, -0.25) is 4.68 Å². The molecule has 3 aromatic heterocycles. The summed E-state index contributed by atoms with van der Waals surface area (Å²) in [5, 5.41) is 9.02. The lowest BCUT2D eigenvalue weighted by Crippen LogP contribution is -2.27. The molecule has 0 aliphatic carbocycles. The van der Waals surface area contributed by atoms with Crippen LogP contribution in [-0.2, 0) is 20.0 Å². The molecule has 0 aromatic carbocycles. The molecule has 0 radical (unpaired) electrons. The first kappa shape index (κ1) is 16.5. The van der Waals surface area contributed by atoms with E-state index in [-0.39, 0.29) is 12.4 Å². The molecular formula is C16H21ClN4O. The number of hydrogen-bond acceptors (Lipinski definition) is 4. The number of pyridine rings is 1. The number of aromatic nitrogens is 3. The van der Waals surface area contributed by atoms with Gasteiger partial charge in [0, 0.05) is 37.6 Å². The molecule has 0 aliphatic rings. The Morgan fingerprint density at radius 3 is 2.95 bits per heavy atom. The van der Waals surface area contributed by atoms with Gasteiger partial charge < -0.3 is 9.73 Å². The standard InChI is InChI=1S/C16H20N4O.ClH/c1-11(7-14-5-4-6-21-14)17-9-13-8-15-12(2)19-20(3)16(15)18-10-13;/h4-6,8,10-11,17H,7,9H2,1-3H3;1H. The zero-order valence-corrected chi connectivity index (χ0v) is 13.9. The van der Waals surface area contributed by atoms with Gasteiger partial charge in [0.2, 0.25) is 0 Å². The summed E-state index contributed by atoms with van der Waals surface area (Å²) < 4.78 is 7.19. The van der Waals surface area contributed by atoms with Gasteiger partial charge in [-0.05, 0) is 37.6 Å². The van der Waals surface area contributed by atoms with Crippen LogP contribution in [0.2, 0.25) is 0 Å². The molecule has 0 saturated heterocycles. The van der Waals surface area contributed by atoms with Gasteiger partial charge in [0.25, 0.3) is 0 Å². The van der Waals surface area contributed by atoms with Crippen LogP contribution in [0.3, 0.4) is 0 Å². The highest BCUT2D eigenvalue weighted by molar-refractivity contribution is 5.85. The van der Waals surface area contributed by atoms with Gasteiger partial charge in [-0.1, -0.05) is 0 Å². The summed E-state index contributed by atoms with van der Waals surface area (Å²) in [4.78, 5) is 4.50. The van der Waals surface area contributed by atoms with Crippen LogP contribution in [0, 0.1) is 6.92 Å². The first-order valence-corrected chi connectivity index (χ1v) is 7.17. The van der Waals surface area contributed by atoms with E-state index in [0.29, 0.717) is 6.04 Å². The molecule has 1 atom stereocenters. The van der Waals surface area contributed by atoms with Gasteiger partial charge >= 0.3 is 0 Å². The maximum Gasteiger partial charge on any atom is 0.157 e. The van der Waals surface area contributed by atoms with Crippen molar-refractivity contribution >= 4 is 23.4 Å². The first-order chi connectivity index (χ1) is 10.1. The lowest BCUT2D eigenvalue weighted by molar-refractivity contribution is 0.456. The van der Waals surface area contributed by atoms with E-state index in [0.717, 1.165) is 35.5 Å². The molecule has 0 saturated carbocycles. The van der Waals surface area contributed by atoms with E-state index in [1.54, 1.807) is 6.26 Å². The smallest absolute Gasteiger partial charge is 0.157 e. The first-order valence-electron chi connectivity index (χ1n) is 7.17. The molecule has 5 nitrogen and oxygen atoms in total. The van der Waals surface area contributed by atoms with Gasteiger partial charge in [0.05, 0.1) is 12.0 Å². The predicted molar refractivity (Wildman–Crippen MR) is 89.2 cm³/mol. The molecule has 0 spiro atoms. The van der Waals surface area contributed by atoms with E-state index in [1.807, 2.05) is 37.0 Å². The summed E-state index contributed by atoms with van der Waals surface area (Å²) in [6.45, 7) is 4.96. The number of hydrogen-bond donors (Lipinski definition) is 1. The topological polar surface area (TPSA) is 55.9 Å². The van der Waals surface area contributed by atoms with Gasteiger partial charge in [0.1, 0.15) is 5.76 Å². The van der Waals surface area contributed by atoms with Crippen LogP contribution >= 0.6 is 12.4 Å². The van der Waals surface area contributed by atoms with E-state index in [1.165, 1.54) is 5.56 Å². The lowest BCUT2D eigenvalue weighted by atomic mass is 10.1. The highest BCUT2D eigenvalue weighted by Gasteiger charge is 2.09. The Kier molecular flexibility index (Phi) is 5.21. The van der Waals surface area contributed by atoms with Gasteiger partial charge in [0.15, 0.2) is 5.65 Å². The summed E-state index contributed by atoms with van der Waals surface area (Å²) in [6.07, 6.45) is 4.51. The summed E-state index contributed by atoms with van der Waals surface area (Å²) in [6, 6.07) is 6.44. The number of furan rings is 1. The second kappa shape index (κ2) is 6.94. The molecule has 0 amide bonds. The third kappa shape index (κ3) is 3.48. The van der Waals surface area contributed by atoms with Crippen molar-refractivity contribution in [1.82, 2.24) is 20.1 Å². The van der Waals surface area contributed by atoms with Crippen LogP contribution in [0.15, 0.2) is 35.1 Å². The summed E-state index contributed by atoms with van der Waals surface area (Å²) in [5.41, 5.74) is 3.12. The Morgan fingerprint density at radius 2 is 2.23 bits per heavy atom. The molecule has 0 aliphatic heterocycles. The van der Waals surface area contributed by atoms with Crippen molar-refractivity contribution in [2.75, 3.05) is 0 Å². The predicted octanol–water partition coefficient (Wildman–Crippen LogP) is 3.01. The number of nitrogens with zero attached hydrogens (tertiary/aromatic N) is 3. The molecule has 3 aromatic rings. The minimum Gasteiger partial charge on any atom is -0.469 e. The third-order valence-corrected chi connectivity index (χ3v) is 3.66. The molecule has 118 valence electrons. The van der Waals surface area contributed by atoms with Crippen molar-refractivity contribution in [3.63, 3.8) is 0 Å². The second-order valence-corrected chi connectivity index (χ2v) is 5.49. The Labute approximate surface area is 136 Å². The largest absolute Gasteiger partial charge is 0.469 e. The van der Waals surface area contributed by atoms with E-state index in [2.05, 4.69) is 28.4 Å². The summed E-state index contributed by atoms with van der Waals surface area (Å²) >= 11 is 0. The van der Waals surface area contributed by atoms with E-state index in [4.69, 9.17) is 4.42 Å². The number of halogens is 1. The van der Waals surface area contributed by atoms with Gasteiger partial charge in [-0.25, -0.2) is 4.98 Å². The highest BCUT2D eigenvalue weighted by atomic mass is 35.5. The molecule has 0 fully saturated rings. The van der Waals surface area contributed by atoms with Crippen molar-refractivity contribution in [3.8, 4) is 0 Å². The zero-order chi connectivity index (χ0) is 14.8. The molecule has 3 rings (SSSR count). The van der Waals surface area contributed by atoms with Crippen molar-refractivity contribution in [1.29, 1.82) is 0 Å². The Morgan fingerprint density at radius 1 is 1.41 bits per heavy atom. The second-order valence-electron chi connectivity index (χ2n) is 5.49. The Bertz CT molecular complexity index is 736. The van der Waals surface area contributed by atoms with Crippen LogP contribution in [-0.4, -0.2) is 20.8 Å². The molecule has 1 unspecified atom stereocenters. The monoisotopic (exact) mass is 320 g/mol. The molecule has 1 N–H and O–H groups in total. The molecular weight excluding hydrogens is 300 g/mol. The average molecular weight is 321 g/mol. The fraction of sp³-hybridized carbons (Fsp3) is 0.375. The number of rotatable bonds is 5. The van der Waals surface area contributed by atoms with Crippen LogP contribution in [0.5, 0.6) is 0 Å². The fourth-order valence-electron chi connectivity index (χ4n) is 2.54. The van der Waals surface area contributed by atoms with Crippen LogP contribution in [0.25, 0.3) is 11.0 Å². The lowest BCUT2D eigenvalue weighted by Gasteiger charge is -2.12. The molecule has 6 heteroatoms. The third-order valence-electron chi connectivity index (χ3n) is 3.66. The minimum absolute atomic E-state index is 0. The van der Waals surface area contributed by atoms with Crippen LogP contribution in [0.1, 0.15) is 23.9 Å². The van der Waals surface area contributed by atoms with E-state index >= 15 is 0 Å². The van der Waals surface area contributed by atoms with Crippen LogP contribution < -0.4 is 5.32 Å². The molecule has 0 bridgehead atoms. The normalized spacial score (nSPS) is 12.3. The Hall–Kier alpha value is -1.85. The van der Waals surface area contributed by atoms with E-state index < -0.39 is 0 Å². The fourth-order valence-corrected chi connectivity index (χ4v) is 2.54. The van der Waals surface area contributed by atoms with Crippen LogP contribution in [0.4, 0.5) is 0 Å². The number of fused-ring (bicyclic) bond motifs is 1. The zero-order valence-electron chi connectivity index (χ0n) is 13.0. The molecule has 3 heterocycles. The number of nitrogens with one attached hydrogen (secondary N) is 1. The molecule has 22 heavy (non-hydrogen) atoms. The summed E-state index contributed by atoms with van der Waals surface area (Å²) in [5.74, 6) is 1.01. The van der Waals surface area contributed by atoms with Gasteiger partial charge in [-0.2, -0.15) is 5.10 Å². The van der Waals surface area contributed by atoms with Crippen molar-refractivity contribution in [3.05, 3.63) is 47.7 Å².